The van der Waals surface area contributed by atoms with Gasteiger partial charge in [0, 0.05) is 6.20 Å². The van der Waals surface area contributed by atoms with E-state index < -0.39 is 5.97 Å². The third-order valence-electron chi connectivity index (χ3n) is 4.41. The molecule has 0 radical (unpaired) electrons. The zero-order valence-electron chi connectivity index (χ0n) is 15.9. The zero-order valence-corrected chi connectivity index (χ0v) is 16.7. The molecular formula is C20H34ClNO3. The maximum Gasteiger partial charge on any atom is 0.359 e. The summed E-state index contributed by atoms with van der Waals surface area (Å²) in [6, 6.07) is 1.63. The molecule has 0 aliphatic rings. The van der Waals surface area contributed by atoms with Crippen LogP contribution in [-0.2, 0) is 4.74 Å². The maximum absolute atomic E-state index is 11.6. The monoisotopic (exact) mass is 371 g/mol. The second-order valence-corrected chi connectivity index (χ2v) is 6.96. The Morgan fingerprint density at radius 2 is 1.48 bits per heavy atom. The number of aromatic nitrogens is 1. The highest BCUT2D eigenvalue weighted by molar-refractivity contribution is 6.33. The number of methoxy groups -OCH3 is 1. The van der Waals surface area contributed by atoms with Crippen LogP contribution in [0.2, 0.25) is 5.02 Å². The van der Waals surface area contributed by atoms with Gasteiger partial charge in [-0.15, -0.1) is 0 Å². The maximum atomic E-state index is 11.6. The first-order chi connectivity index (χ1) is 12.2. The molecule has 0 atom stereocenters. The van der Waals surface area contributed by atoms with Gasteiger partial charge in [-0.2, -0.15) is 4.73 Å². The summed E-state index contributed by atoms with van der Waals surface area (Å²) in [5.41, 5.74) is 0.253. The van der Waals surface area contributed by atoms with Gasteiger partial charge in [0.25, 0.3) is 0 Å². The van der Waals surface area contributed by atoms with Crippen LogP contribution >= 0.6 is 11.6 Å². The second-order valence-electron chi connectivity index (χ2n) is 6.55. The van der Waals surface area contributed by atoms with Gasteiger partial charge in [0.05, 0.1) is 12.1 Å². The highest BCUT2D eigenvalue weighted by Crippen LogP contribution is 2.17. The molecule has 1 rings (SSSR count). The first-order valence-electron chi connectivity index (χ1n) is 9.79. The van der Waals surface area contributed by atoms with Crippen molar-refractivity contribution >= 4 is 17.6 Å². The van der Waals surface area contributed by atoms with Crippen molar-refractivity contribution in [3.63, 3.8) is 0 Å². The molecule has 0 aliphatic heterocycles. The first-order valence-corrected chi connectivity index (χ1v) is 10.2. The Morgan fingerprint density at radius 1 is 0.960 bits per heavy atom. The van der Waals surface area contributed by atoms with Crippen LogP contribution < -0.4 is 4.84 Å². The van der Waals surface area contributed by atoms with Crippen LogP contribution in [0.15, 0.2) is 12.3 Å². The molecule has 0 saturated carbocycles. The summed E-state index contributed by atoms with van der Waals surface area (Å²) in [4.78, 5) is 17.2. The molecule has 4 nitrogen and oxygen atoms in total. The lowest BCUT2D eigenvalue weighted by Gasteiger charge is -2.10. The van der Waals surface area contributed by atoms with Gasteiger partial charge >= 0.3 is 5.97 Å². The third-order valence-corrected chi connectivity index (χ3v) is 4.71. The normalized spacial score (nSPS) is 10.8. The smallest absolute Gasteiger partial charge is 0.359 e. The summed E-state index contributed by atoms with van der Waals surface area (Å²) >= 11 is 5.98. The van der Waals surface area contributed by atoms with Gasteiger partial charge in [-0.1, -0.05) is 82.7 Å². The van der Waals surface area contributed by atoms with E-state index in [4.69, 9.17) is 21.2 Å². The summed E-state index contributed by atoms with van der Waals surface area (Å²) in [6.45, 7) is 2.84. The molecule has 25 heavy (non-hydrogen) atoms. The van der Waals surface area contributed by atoms with E-state index >= 15 is 0 Å². The number of halogens is 1. The van der Waals surface area contributed by atoms with Crippen LogP contribution in [0.25, 0.3) is 0 Å². The first kappa shape index (κ1) is 21.9. The van der Waals surface area contributed by atoms with Crippen molar-refractivity contribution in [2.75, 3.05) is 13.7 Å². The van der Waals surface area contributed by atoms with E-state index in [2.05, 4.69) is 6.92 Å². The Bertz CT molecular complexity index is 474. The van der Waals surface area contributed by atoms with E-state index in [0.717, 1.165) is 12.8 Å². The minimum atomic E-state index is -0.482. The number of carbonyl (C=O) groups excluding carboxylic acids is 1. The molecule has 0 fully saturated rings. The Kier molecular flexibility index (Phi) is 12.3. The lowest BCUT2D eigenvalue weighted by atomic mass is 10.1. The summed E-state index contributed by atoms with van der Waals surface area (Å²) in [6.07, 6.45) is 17.3. The van der Waals surface area contributed by atoms with Crippen molar-refractivity contribution in [2.24, 2.45) is 0 Å². The summed E-state index contributed by atoms with van der Waals surface area (Å²) in [5, 5.41) is 0.349. The van der Waals surface area contributed by atoms with E-state index in [0.29, 0.717) is 11.6 Å². The van der Waals surface area contributed by atoms with Gasteiger partial charge in [0.1, 0.15) is 6.61 Å². The molecule has 0 unspecified atom stereocenters. The van der Waals surface area contributed by atoms with E-state index in [9.17, 15) is 4.79 Å². The Morgan fingerprint density at radius 3 is 2.00 bits per heavy atom. The van der Waals surface area contributed by atoms with Gasteiger partial charge in [-0.25, -0.2) is 4.79 Å². The van der Waals surface area contributed by atoms with Crippen LogP contribution in [0.5, 0.6) is 0 Å². The zero-order chi connectivity index (χ0) is 18.3. The average molecular weight is 372 g/mol. The molecule has 1 heterocycles. The van der Waals surface area contributed by atoms with E-state index in [1.165, 1.54) is 76.0 Å². The minimum Gasteiger partial charge on any atom is -0.464 e. The van der Waals surface area contributed by atoms with Crippen LogP contribution in [0.4, 0.5) is 0 Å². The molecule has 144 valence electrons. The number of esters is 1. The van der Waals surface area contributed by atoms with E-state index in [-0.39, 0.29) is 5.69 Å². The summed E-state index contributed by atoms with van der Waals surface area (Å²) in [7, 11) is 1.33. The molecule has 0 saturated heterocycles. The second kappa shape index (κ2) is 14.1. The third kappa shape index (κ3) is 9.20. The molecule has 0 amide bonds. The van der Waals surface area contributed by atoms with Crippen molar-refractivity contribution in [1.82, 2.24) is 4.73 Å². The van der Waals surface area contributed by atoms with Gasteiger partial charge in [0.2, 0.25) is 0 Å². The summed E-state index contributed by atoms with van der Waals surface area (Å²) in [5.74, 6) is -0.482. The van der Waals surface area contributed by atoms with Crippen molar-refractivity contribution in [3.8, 4) is 0 Å². The van der Waals surface area contributed by atoms with Gasteiger partial charge in [-0.05, 0) is 18.9 Å². The van der Waals surface area contributed by atoms with Crippen molar-refractivity contribution in [1.29, 1.82) is 0 Å². The van der Waals surface area contributed by atoms with Crippen LogP contribution in [0, 0.1) is 0 Å². The highest BCUT2D eigenvalue weighted by atomic mass is 35.5. The van der Waals surface area contributed by atoms with Crippen LogP contribution in [-0.4, -0.2) is 24.4 Å². The molecule has 1 aromatic heterocycles. The lowest BCUT2D eigenvalue weighted by molar-refractivity contribution is 0.0504. The number of carbonyl (C=O) groups is 1. The van der Waals surface area contributed by atoms with Crippen molar-refractivity contribution < 1.29 is 14.4 Å². The van der Waals surface area contributed by atoms with E-state index in [1.54, 1.807) is 12.3 Å². The van der Waals surface area contributed by atoms with Crippen molar-refractivity contribution in [2.45, 2.75) is 84.0 Å². The molecule has 0 N–H and O–H groups in total. The van der Waals surface area contributed by atoms with Crippen LogP contribution in [0.1, 0.15) is 94.5 Å². The predicted octanol–water partition coefficient (Wildman–Crippen LogP) is 6.06. The fourth-order valence-electron chi connectivity index (χ4n) is 2.89. The molecule has 5 heteroatoms. The number of rotatable bonds is 15. The Labute approximate surface area is 157 Å². The topological polar surface area (TPSA) is 40.5 Å². The highest BCUT2D eigenvalue weighted by Gasteiger charge is 2.17. The Hall–Kier alpha value is -1.16. The van der Waals surface area contributed by atoms with Crippen LogP contribution in [0.3, 0.4) is 0 Å². The fourth-order valence-corrected chi connectivity index (χ4v) is 3.11. The van der Waals surface area contributed by atoms with Crippen molar-refractivity contribution in [3.05, 3.63) is 23.0 Å². The Balaban J connectivity index is 1.98. The quantitative estimate of drug-likeness (QED) is 0.278. The van der Waals surface area contributed by atoms with Gasteiger partial charge in [0.15, 0.2) is 5.69 Å². The minimum absolute atomic E-state index is 0.253. The molecule has 0 aromatic carbocycles. The lowest BCUT2D eigenvalue weighted by Crippen LogP contribution is -2.18. The van der Waals surface area contributed by atoms with Gasteiger partial charge in [-0.3, -0.25) is 0 Å². The largest absolute Gasteiger partial charge is 0.464 e. The summed E-state index contributed by atoms with van der Waals surface area (Å²) < 4.78 is 6.12. The molecular weight excluding hydrogens is 338 g/mol. The molecule has 0 spiro atoms. The van der Waals surface area contributed by atoms with Gasteiger partial charge < -0.3 is 9.57 Å². The molecule has 0 aliphatic carbocycles. The number of hydrogen-bond acceptors (Lipinski definition) is 3. The number of ether oxygens (including phenoxy) is 1. The number of unbranched alkanes of at least 4 members (excludes halogenated alkanes) is 11. The number of nitrogens with zero attached hydrogens (tertiary/aromatic N) is 1. The standard InChI is InChI=1S/C20H34ClNO3/c1-3-4-5-6-7-8-9-10-11-12-13-14-17-25-22-16-15-18(21)19(22)20(23)24-2/h15-16H,3-14,17H2,1-2H3. The SMILES string of the molecule is CCCCCCCCCCCCCCOn1ccc(Cl)c1C(=O)OC. The number of hydrogen-bond donors (Lipinski definition) is 0. The fraction of sp³-hybridized carbons (Fsp3) is 0.750. The average Bonchev–Trinajstić information content (AvgIpc) is 2.99. The van der Waals surface area contributed by atoms with E-state index in [1.807, 2.05) is 0 Å². The molecule has 1 aromatic rings. The molecule has 0 bridgehead atoms. The predicted molar refractivity (Wildman–Crippen MR) is 103 cm³/mol.